The number of halogens is 3. The highest BCUT2D eigenvalue weighted by molar-refractivity contribution is 5.78. The molecule has 1 rings (SSSR count). The Morgan fingerprint density at radius 1 is 1.38 bits per heavy atom. The van der Waals surface area contributed by atoms with Crippen LogP contribution in [0.15, 0.2) is 29.3 Å². The van der Waals surface area contributed by atoms with Crippen molar-refractivity contribution in [3.8, 4) is 0 Å². The fraction of sp³-hybridized carbons (Fsp3) is 0.500. The number of esters is 1. The average Bonchev–Trinajstić information content (AvgIpc) is 2.59. The number of guanidine groups is 1. The van der Waals surface area contributed by atoms with E-state index in [0.29, 0.717) is 13.2 Å². The number of nitrogens with zero attached hydrogens (tertiary/aromatic N) is 1. The van der Waals surface area contributed by atoms with Gasteiger partial charge in [0.25, 0.3) is 0 Å². The highest BCUT2D eigenvalue weighted by Gasteiger charge is 2.30. The molecule has 1 aromatic carbocycles. The molecule has 0 radical (unpaired) electrons. The topological polar surface area (TPSA) is 112 Å². The Labute approximate surface area is 149 Å². The Bertz CT molecular complexity index is 609. The van der Waals surface area contributed by atoms with Crippen molar-refractivity contribution in [2.45, 2.75) is 25.2 Å². The maximum atomic E-state index is 12.6. The summed E-state index contributed by atoms with van der Waals surface area (Å²) in [6.07, 6.45) is -4.26. The van der Waals surface area contributed by atoms with Crippen LogP contribution in [0.25, 0.3) is 0 Å². The number of alkyl halides is 3. The monoisotopic (exact) mass is 376 g/mol. The first kappa shape index (κ1) is 21.7. The lowest BCUT2D eigenvalue weighted by Crippen LogP contribution is -2.35. The molecule has 0 amide bonds. The first-order chi connectivity index (χ1) is 12.2. The van der Waals surface area contributed by atoms with Crippen molar-refractivity contribution >= 4 is 11.9 Å². The second-order valence-corrected chi connectivity index (χ2v) is 5.39. The summed E-state index contributed by atoms with van der Waals surface area (Å²) >= 11 is 0. The minimum Gasteiger partial charge on any atom is -0.460 e. The first-order valence-electron chi connectivity index (χ1n) is 7.85. The summed E-state index contributed by atoms with van der Waals surface area (Å²) in [5.41, 5.74) is 10.7. The molecule has 1 aromatic rings. The third-order valence-electron chi connectivity index (χ3n) is 3.27. The third kappa shape index (κ3) is 8.17. The van der Waals surface area contributed by atoms with Gasteiger partial charge in [-0.25, -0.2) is 0 Å². The lowest BCUT2D eigenvalue weighted by atomic mass is 10.1. The molecule has 26 heavy (non-hydrogen) atoms. The molecule has 0 unspecified atom stereocenters. The van der Waals surface area contributed by atoms with Crippen LogP contribution < -0.4 is 16.8 Å². The summed E-state index contributed by atoms with van der Waals surface area (Å²) < 4.78 is 47.7. The van der Waals surface area contributed by atoms with Crippen molar-refractivity contribution in [3.05, 3.63) is 35.4 Å². The van der Waals surface area contributed by atoms with Gasteiger partial charge in [-0.05, 0) is 24.1 Å². The molecular formula is C16H23F3N4O3. The number of benzene rings is 1. The molecule has 0 bridgehead atoms. The number of carbonyl (C=O) groups is 1. The molecule has 0 aromatic heterocycles. The minimum absolute atomic E-state index is 0.189. The van der Waals surface area contributed by atoms with Crippen LogP contribution in [0.3, 0.4) is 0 Å². The summed E-state index contributed by atoms with van der Waals surface area (Å²) in [7, 11) is 1.55. The van der Waals surface area contributed by atoms with Gasteiger partial charge in [-0.15, -0.1) is 0 Å². The second kappa shape index (κ2) is 10.6. The van der Waals surface area contributed by atoms with Crippen LogP contribution in [-0.2, 0) is 27.1 Å². The van der Waals surface area contributed by atoms with E-state index in [4.69, 9.17) is 20.9 Å². The van der Waals surface area contributed by atoms with E-state index in [9.17, 15) is 18.0 Å². The van der Waals surface area contributed by atoms with E-state index in [1.54, 1.807) is 7.11 Å². The van der Waals surface area contributed by atoms with Gasteiger partial charge in [0.05, 0.1) is 12.2 Å². The van der Waals surface area contributed by atoms with Crippen LogP contribution in [0.4, 0.5) is 13.2 Å². The van der Waals surface area contributed by atoms with Crippen molar-refractivity contribution in [1.82, 2.24) is 5.32 Å². The zero-order chi connectivity index (χ0) is 19.6. The zero-order valence-electron chi connectivity index (χ0n) is 14.4. The number of nitrogens with two attached hydrogens (primary N) is 2. The number of rotatable bonds is 9. The van der Waals surface area contributed by atoms with Crippen LogP contribution >= 0.6 is 0 Å². The molecule has 0 aliphatic heterocycles. The molecule has 146 valence electrons. The molecule has 1 atom stereocenters. The van der Waals surface area contributed by atoms with Crippen LogP contribution in [0.1, 0.15) is 17.5 Å². The third-order valence-corrected chi connectivity index (χ3v) is 3.27. The van der Waals surface area contributed by atoms with E-state index < -0.39 is 23.8 Å². The molecule has 0 saturated heterocycles. The number of carbonyl (C=O) groups excluding carboxylic acids is 1. The maximum absolute atomic E-state index is 12.6. The Hall–Kier alpha value is -2.33. The molecule has 7 nitrogen and oxygen atoms in total. The molecule has 0 saturated carbocycles. The van der Waals surface area contributed by atoms with Gasteiger partial charge >= 0.3 is 12.1 Å². The van der Waals surface area contributed by atoms with Gasteiger partial charge in [0.2, 0.25) is 0 Å². The van der Waals surface area contributed by atoms with E-state index >= 15 is 0 Å². The van der Waals surface area contributed by atoms with Gasteiger partial charge in [-0.3, -0.25) is 9.79 Å². The van der Waals surface area contributed by atoms with Crippen molar-refractivity contribution in [1.29, 1.82) is 0 Å². The molecule has 0 aliphatic rings. The number of aliphatic imine (C=N–C) groups is 1. The molecule has 0 heterocycles. The quantitative estimate of drug-likeness (QED) is 0.257. The van der Waals surface area contributed by atoms with Crippen LogP contribution in [0.2, 0.25) is 0 Å². The highest BCUT2D eigenvalue weighted by Crippen LogP contribution is 2.29. The second-order valence-electron chi connectivity index (χ2n) is 5.39. The van der Waals surface area contributed by atoms with Crippen molar-refractivity contribution in [2.75, 3.05) is 26.8 Å². The maximum Gasteiger partial charge on any atom is 0.416 e. The summed E-state index contributed by atoms with van der Waals surface area (Å²) in [4.78, 5) is 15.8. The number of hydrogen-bond donors (Lipinski definition) is 3. The van der Waals surface area contributed by atoms with E-state index in [1.165, 1.54) is 12.1 Å². The predicted molar refractivity (Wildman–Crippen MR) is 90.2 cm³/mol. The Balaban J connectivity index is 2.40. The van der Waals surface area contributed by atoms with Crippen molar-refractivity contribution < 1.29 is 27.4 Å². The molecule has 0 aliphatic carbocycles. The Kier molecular flexibility index (Phi) is 8.86. The molecular weight excluding hydrogens is 353 g/mol. The van der Waals surface area contributed by atoms with Crippen LogP contribution in [-0.4, -0.2) is 44.8 Å². The lowest BCUT2D eigenvalue weighted by Gasteiger charge is -2.12. The standard InChI is InChI=1S/C16H23F3N4O3/c1-25-8-7-23-15(21)22-6-5-13(20)14(24)26-10-11-3-2-4-12(9-11)16(17,18)19/h2-4,9,13H,5-8,10,20H2,1H3,(H3,21,22,23)/t13-/m0/s1. The minimum atomic E-state index is -4.45. The Morgan fingerprint density at radius 2 is 2.12 bits per heavy atom. The average molecular weight is 376 g/mol. The molecule has 0 fully saturated rings. The zero-order valence-corrected chi connectivity index (χ0v) is 14.4. The number of ether oxygens (including phenoxy) is 2. The summed E-state index contributed by atoms with van der Waals surface area (Å²) in [6.45, 7) is 0.876. The van der Waals surface area contributed by atoms with Gasteiger partial charge in [-0.2, -0.15) is 13.2 Å². The van der Waals surface area contributed by atoms with Crippen molar-refractivity contribution in [3.63, 3.8) is 0 Å². The van der Waals surface area contributed by atoms with Crippen LogP contribution in [0.5, 0.6) is 0 Å². The fourth-order valence-corrected chi connectivity index (χ4v) is 1.88. The van der Waals surface area contributed by atoms with E-state index in [0.717, 1.165) is 12.1 Å². The fourth-order valence-electron chi connectivity index (χ4n) is 1.88. The number of methoxy groups -OCH3 is 1. The predicted octanol–water partition coefficient (Wildman–Crippen LogP) is 1.02. The molecule has 10 heteroatoms. The Morgan fingerprint density at radius 3 is 2.77 bits per heavy atom. The highest BCUT2D eigenvalue weighted by atomic mass is 19.4. The summed E-state index contributed by atoms with van der Waals surface area (Å²) in [5.74, 6) is -0.518. The van der Waals surface area contributed by atoms with Crippen LogP contribution in [0, 0.1) is 0 Å². The van der Waals surface area contributed by atoms with Crippen molar-refractivity contribution in [2.24, 2.45) is 16.5 Å². The SMILES string of the molecule is COCCNC(N)=NCC[C@H](N)C(=O)OCc1cccc(C(F)(F)F)c1. The largest absolute Gasteiger partial charge is 0.460 e. The van der Waals surface area contributed by atoms with E-state index in [1.807, 2.05) is 0 Å². The normalized spacial score (nSPS) is 13.3. The van der Waals surface area contributed by atoms with Gasteiger partial charge in [0.1, 0.15) is 12.6 Å². The lowest BCUT2D eigenvalue weighted by molar-refractivity contribution is -0.146. The van der Waals surface area contributed by atoms with Gasteiger partial charge in [-0.1, -0.05) is 12.1 Å². The molecule has 5 N–H and O–H groups in total. The summed E-state index contributed by atoms with van der Waals surface area (Å²) in [5, 5.41) is 2.80. The first-order valence-corrected chi connectivity index (χ1v) is 7.85. The van der Waals surface area contributed by atoms with Gasteiger partial charge in [0, 0.05) is 20.2 Å². The molecule has 0 spiro atoms. The number of nitrogens with one attached hydrogen (secondary N) is 1. The van der Waals surface area contributed by atoms with Gasteiger partial charge < -0.3 is 26.3 Å². The van der Waals surface area contributed by atoms with E-state index in [2.05, 4.69) is 10.3 Å². The van der Waals surface area contributed by atoms with E-state index in [-0.39, 0.29) is 31.1 Å². The number of hydrogen-bond acceptors (Lipinski definition) is 5. The summed E-state index contributed by atoms with van der Waals surface area (Å²) in [6, 6.07) is 3.61. The van der Waals surface area contributed by atoms with Gasteiger partial charge in [0.15, 0.2) is 5.96 Å². The smallest absolute Gasteiger partial charge is 0.416 e.